The highest BCUT2D eigenvalue weighted by molar-refractivity contribution is 6.12. The number of nitrogens with one attached hydrogen (secondary N) is 1. The number of ether oxygens (including phenoxy) is 1. The summed E-state index contributed by atoms with van der Waals surface area (Å²) >= 11 is 0. The Morgan fingerprint density at radius 3 is 2.50 bits per heavy atom. The zero-order chi connectivity index (χ0) is 17.1. The first kappa shape index (κ1) is 18.4. The van der Waals surface area contributed by atoms with Crippen molar-refractivity contribution in [3.05, 3.63) is 22.6 Å². The van der Waals surface area contributed by atoms with Crippen LogP contribution in [0.15, 0.2) is 22.6 Å². The maximum absolute atomic E-state index is 12.7. The predicted octanol–water partition coefficient (Wildman–Crippen LogP) is 0.692. The fraction of sp³-hybridized carbons (Fsp3) is 0.625. The second-order valence-electron chi connectivity index (χ2n) is 5.63. The first-order valence-corrected chi connectivity index (χ1v) is 7.40. The molecule has 0 aromatic heterocycles. The quantitative estimate of drug-likeness (QED) is 0.640. The molecule has 1 aliphatic rings. The number of Topliss-reactive ketones (excluding diaryl/α,β-unsaturated/α-hetero) is 2. The van der Waals surface area contributed by atoms with Gasteiger partial charge in [-0.2, -0.15) is 0 Å². The fourth-order valence-corrected chi connectivity index (χ4v) is 2.49. The SMILES string of the molecule is CC[C@H](C)C(=O)C1=C(NCCO)[C@](C)(O)C(=O)C(C)=C1OC. The number of carbonyl (C=O) groups excluding carboxylic acids is 2. The molecule has 6 heteroatoms. The molecule has 124 valence electrons. The highest BCUT2D eigenvalue weighted by atomic mass is 16.5. The molecular weight excluding hydrogens is 286 g/mol. The molecule has 6 nitrogen and oxygen atoms in total. The van der Waals surface area contributed by atoms with Crippen molar-refractivity contribution in [3.8, 4) is 0 Å². The van der Waals surface area contributed by atoms with Gasteiger partial charge in [-0.3, -0.25) is 9.59 Å². The molecule has 0 saturated heterocycles. The van der Waals surface area contributed by atoms with Crippen molar-refractivity contribution in [2.75, 3.05) is 20.3 Å². The summed E-state index contributed by atoms with van der Waals surface area (Å²) in [5.74, 6) is -0.817. The largest absolute Gasteiger partial charge is 0.496 e. The zero-order valence-electron chi connectivity index (χ0n) is 13.8. The van der Waals surface area contributed by atoms with Crippen LogP contribution < -0.4 is 5.32 Å². The van der Waals surface area contributed by atoms with Crippen LogP contribution in [0.25, 0.3) is 0 Å². The number of ketones is 2. The van der Waals surface area contributed by atoms with Crippen LogP contribution in [0.3, 0.4) is 0 Å². The molecule has 0 radical (unpaired) electrons. The Balaban J connectivity index is 3.58. The lowest BCUT2D eigenvalue weighted by atomic mass is 9.79. The number of rotatable bonds is 7. The third kappa shape index (κ3) is 3.08. The van der Waals surface area contributed by atoms with E-state index in [4.69, 9.17) is 9.84 Å². The number of aliphatic hydroxyl groups excluding tert-OH is 1. The molecule has 0 aliphatic heterocycles. The highest BCUT2D eigenvalue weighted by Gasteiger charge is 2.45. The predicted molar refractivity (Wildman–Crippen MR) is 81.9 cm³/mol. The Hall–Kier alpha value is -1.66. The second-order valence-corrected chi connectivity index (χ2v) is 5.63. The summed E-state index contributed by atoms with van der Waals surface area (Å²) in [6.07, 6.45) is 0.627. The first-order chi connectivity index (χ1) is 10.2. The van der Waals surface area contributed by atoms with Crippen LogP contribution in [0, 0.1) is 5.92 Å². The molecule has 2 atom stereocenters. The minimum atomic E-state index is -1.85. The molecule has 0 aromatic carbocycles. The molecular formula is C16H25NO5. The molecule has 0 heterocycles. The lowest BCUT2D eigenvalue weighted by molar-refractivity contribution is -0.129. The Bertz CT molecular complexity index is 531. The van der Waals surface area contributed by atoms with Gasteiger partial charge in [0.15, 0.2) is 17.2 Å². The standard InChI is InChI=1S/C16H25NO5/c1-6-9(2)12(19)11-13(22-5)10(3)15(20)16(4,21)14(11)17-7-8-18/h9,17-18,21H,6-8H2,1-5H3/t9-,16-/m0/s1. The molecule has 0 unspecified atom stereocenters. The van der Waals surface area contributed by atoms with Crippen LogP contribution in [0.2, 0.25) is 0 Å². The Morgan fingerprint density at radius 1 is 1.45 bits per heavy atom. The van der Waals surface area contributed by atoms with E-state index in [2.05, 4.69) is 5.32 Å². The van der Waals surface area contributed by atoms with Crippen molar-refractivity contribution in [2.24, 2.45) is 5.92 Å². The smallest absolute Gasteiger partial charge is 0.199 e. The molecule has 0 bridgehead atoms. The monoisotopic (exact) mass is 311 g/mol. The average molecular weight is 311 g/mol. The molecule has 0 aromatic rings. The average Bonchev–Trinajstić information content (AvgIpc) is 2.50. The van der Waals surface area contributed by atoms with Gasteiger partial charge in [-0.05, 0) is 20.3 Å². The Kier molecular flexibility index (Phi) is 5.91. The van der Waals surface area contributed by atoms with E-state index < -0.39 is 11.4 Å². The normalized spacial score (nSPS) is 23.7. The van der Waals surface area contributed by atoms with Crippen molar-refractivity contribution in [2.45, 2.75) is 39.7 Å². The van der Waals surface area contributed by atoms with Crippen molar-refractivity contribution in [1.82, 2.24) is 5.32 Å². The van der Waals surface area contributed by atoms with Crippen molar-refractivity contribution < 1.29 is 24.5 Å². The summed E-state index contributed by atoms with van der Waals surface area (Å²) in [7, 11) is 1.39. The minimum absolute atomic E-state index is 0.0966. The van der Waals surface area contributed by atoms with Crippen LogP contribution in [0.4, 0.5) is 0 Å². The molecule has 0 saturated carbocycles. The van der Waals surface area contributed by atoms with E-state index in [-0.39, 0.29) is 47.5 Å². The molecule has 0 spiro atoms. The number of aliphatic hydroxyl groups is 2. The third-order valence-corrected chi connectivity index (χ3v) is 4.01. The van der Waals surface area contributed by atoms with Gasteiger partial charge in [-0.25, -0.2) is 0 Å². The summed E-state index contributed by atoms with van der Waals surface area (Å²) in [5.41, 5.74) is -1.35. The van der Waals surface area contributed by atoms with Gasteiger partial charge in [0.2, 0.25) is 0 Å². The van der Waals surface area contributed by atoms with Crippen molar-refractivity contribution in [1.29, 1.82) is 0 Å². The van der Waals surface area contributed by atoms with Crippen LogP contribution in [0.5, 0.6) is 0 Å². The number of hydrogen-bond donors (Lipinski definition) is 3. The van der Waals surface area contributed by atoms with Crippen LogP contribution in [-0.2, 0) is 14.3 Å². The lowest BCUT2D eigenvalue weighted by Gasteiger charge is -2.34. The third-order valence-electron chi connectivity index (χ3n) is 4.01. The summed E-state index contributed by atoms with van der Waals surface area (Å²) in [5, 5.41) is 22.4. The van der Waals surface area contributed by atoms with E-state index in [9.17, 15) is 14.7 Å². The molecule has 22 heavy (non-hydrogen) atoms. The molecule has 0 fully saturated rings. The van der Waals surface area contributed by atoms with Crippen molar-refractivity contribution in [3.63, 3.8) is 0 Å². The Labute approximate surface area is 130 Å². The van der Waals surface area contributed by atoms with E-state index in [1.54, 1.807) is 6.92 Å². The van der Waals surface area contributed by atoms with Crippen LogP contribution >= 0.6 is 0 Å². The summed E-state index contributed by atoms with van der Waals surface area (Å²) in [6, 6.07) is 0. The lowest BCUT2D eigenvalue weighted by Crippen LogP contribution is -2.48. The van der Waals surface area contributed by atoms with Gasteiger partial charge < -0.3 is 20.3 Å². The molecule has 1 aliphatic carbocycles. The number of carbonyl (C=O) groups is 2. The van der Waals surface area contributed by atoms with Gasteiger partial charge in [0.25, 0.3) is 0 Å². The van der Waals surface area contributed by atoms with E-state index in [1.165, 1.54) is 21.0 Å². The second kappa shape index (κ2) is 7.07. The molecule has 3 N–H and O–H groups in total. The first-order valence-electron chi connectivity index (χ1n) is 7.40. The highest BCUT2D eigenvalue weighted by Crippen LogP contribution is 2.35. The fourth-order valence-electron chi connectivity index (χ4n) is 2.49. The van der Waals surface area contributed by atoms with E-state index in [1.807, 2.05) is 6.92 Å². The summed E-state index contributed by atoms with van der Waals surface area (Å²) in [4.78, 5) is 25.1. The van der Waals surface area contributed by atoms with Crippen LogP contribution in [-0.4, -0.2) is 47.6 Å². The van der Waals surface area contributed by atoms with E-state index in [0.29, 0.717) is 6.42 Å². The van der Waals surface area contributed by atoms with E-state index in [0.717, 1.165) is 0 Å². The van der Waals surface area contributed by atoms with Gasteiger partial charge in [0.05, 0.1) is 25.0 Å². The number of methoxy groups -OCH3 is 1. The van der Waals surface area contributed by atoms with Gasteiger partial charge in [0, 0.05) is 18.0 Å². The maximum Gasteiger partial charge on any atom is 0.199 e. The van der Waals surface area contributed by atoms with Gasteiger partial charge in [-0.15, -0.1) is 0 Å². The maximum atomic E-state index is 12.7. The molecule has 0 amide bonds. The van der Waals surface area contributed by atoms with Gasteiger partial charge in [0.1, 0.15) is 5.76 Å². The minimum Gasteiger partial charge on any atom is -0.496 e. The molecule has 1 rings (SSSR count). The summed E-state index contributed by atoms with van der Waals surface area (Å²) in [6.45, 7) is 6.47. The van der Waals surface area contributed by atoms with Gasteiger partial charge >= 0.3 is 0 Å². The van der Waals surface area contributed by atoms with Gasteiger partial charge in [-0.1, -0.05) is 13.8 Å². The van der Waals surface area contributed by atoms with Crippen LogP contribution in [0.1, 0.15) is 34.1 Å². The number of allylic oxidation sites excluding steroid dienone is 1. The summed E-state index contributed by atoms with van der Waals surface area (Å²) < 4.78 is 5.27. The van der Waals surface area contributed by atoms with Crippen molar-refractivity contribution >= 4 is 11.6 Å². The zero-order valence-corrected chi connectivity index (χ0v) is 13.8. The van der Waals surface area contributed by atoms with E-state index >= 15 is 0 Å². The Morgan fingerprint density at radius 2 is 2.05 bits per heavy atom. The number of hydrogen-bond acceptors (Lipinski definition) is 6. The topological polar surface area (TPSA) is 95.9 Å².